The number of piperazine rings is 1. The van der Waals surface area contributed by atoms with Crippen molar-refractivity contribution in [2.45, 2.75) is 52.7 Å². The van der Waals surface area contributed by atoms with Crippen molar-refractivity contribution in [1.29, 1.82) is 0 Å². The van der Waals surface area contributed by atoms with E-state index in [2.05, 4.69) is 51.6 Å². The number of nitrogens with one attached hydrogen (secondary N) is 2. The molecule has 0 radical (unpaired) electrons. The molecule has 0 aliphatic carbocycles. The molecule has 2 aliphatic heterocycles. The third-order valence-corrected chi connectivity index (χ3v) is 5.77. The lowest BCUT2D eigenvalue weighted by atomic mass is 10.1. The zero-order valence-electron chi connectivity index (χ0n) is 19.8. The summed E-state index contributed by atoms with van der Waals surface area (Å²) in [4.78, 5) is 35.2. The van der Waals surface area contributed by atoms with Crippen LogP contribution in [0.5, 0.6) is 0 Å². The Labute approximate surface area is 192 Å². The van der Waals surface area contributed by atoms with Gasteiger partial charge >= 0.3 is 0 Å². The molecule has 0 spiro atoms. The van der Waals surface area contributed by atoms with E-state index in [0.717, 1.165) is 62.8 Å². The number of hydrogen-bond acceptors (Lipinski definition) is 4. The molecule has 32 heavy (non-hydrogen) atoms. The summed E-state index contributed by atoms with van der Waals surface area (Å²) in [5, 5.41) is 6.37. The highest BCUT2D eigenvalue weighted by molar-refractivity contribution is 5.80. The molecule has 2 amide bonds. The van der Waals surface area contributed by atoms with Gasteiger partial charge < -0.3 is 20.4 Å². The van der Waals surface area contributed by atoms with Crippen LogP contribution in [0, 0.1) is 0 Å². The van der Waals surface area contributed by atoms with E-state index in [0.29, 0.717) is 26.1 Å². The maximum Gasteiger partial charge on any atom is 0.234 e. The molecule has 0 saturated carbocycles. The first-order valence-electron chi connectivity index (χ1n) is 11.8. The first-order valence-corrected chi connectivity index (χ1v) is 11.8. The fraction of sp³-hybridized carbons (Fsp3) is 0.625. The predicted octanol–water partition coefficient (Wildman–Crippen LogP) is 1.42. The molecule has 2 fully saturated rings. The Balaban J connectivity index is 1.54. The number of amides is 2. The lowest BCUT2D eigenvalue weighted by molar-refractivity contribution is -0.128. The van der Waals surface area contributed by atoms with Gasteiger partial charge in [0.15, 0.2) is 5.96 Å². The first kappa shape index (κ1) is 24.0. The molecule has 2 aliphatic rings. The Morgan fingerprint density at radius 3 is 2.53 bits per heavy atom. The summed E-state index contributed by atoms with van der Waals surface area (Å²) in [6.07, 6.45) is 1.64. The molecular formula is C24H38N6O2. The molecule has 2 saturated heterocycles. The van der Waals surface area contributed by atoms with Gasteiger partial charge in [0, 0.05) is 58.3 Å². The summed E-state index contributed by atoms with van der Waals surface area (Å²) in [6, 6.07) is 8.55. The van der Waals surface area contributed by atoms with Crippen LogP contribution in [0.3, 0.4) is 0 Å². The number of nitrogens with zero attached hydrogens (tertiary/aromatic N) is 4. The van der Waals surface area contributed by atoms with E-state index >= 15 is 0 Å². The van der Waals surface area contributed by atoms with Crippen molar-refractivity contribution in [3.05, 3.63) is 35.4 Å². The van der Waals surface area contributed by atoms with Crippen molar-refractivity contribution in [2.75, 3.05) is 45.8 Å². The van der Waals surface area contributed by atoms with E-state index in [1.165, 1.54) is 0 Å². The molecule has 3 rings (SSSR count). The molecule has 0 atom stereocenters. The fourth-order valence-electron chi connectivity index (χ4n) is 4.20. The second kappa shape index (κ2) is 11.9. The van der Waals surface area contributed by atoms with E-state index in [4.69, 9.17) is 4.99 Å². The Bertz CT molecular complexity index is 801. The van der Waals surface area contributed by atoms with Crippen LogP contribution in [0.25, 0.3) is 0 Å². The van der Waals surface area contributed by atoms with Crippen molar-refractivity contribution < 1.29 is 9.59 Å². The van der Waals surface area contributed by atoms with Crippen LogP contribution in [0.15, 0.2) is 29.3 Å². The maximum absolute atomic E-state index is 12.0. The number of aliphatic imine (C=N–C) groups is 1. The van der Waals surface area contributed by atoms with Gasteiger partial charge in [-0.15, -0.1) is 0 Å². The molecule has 1 aromatic rings. The second-order valence-corrected chi connectivity index (χ2v) is 8.89. The standard InChI is InChI=1S/C24H38N6O2/c1-4-25-24(29-13-11-28(12-14-29)18-22(31)27-19(2)3)26-16-20-7-5-8-21(15-20)17-30-10-6-9-23(30)32/h5,7-8,15,19H,4,6,9-14,16-18H2,1-3H3,(H,25,26)(H,27,31). The van der Waals surface area contributed by atoms with Gasteiger partial charge in [-0.1, -0.05) is 24.3 Å². The highest BCUT2D eigenvalue weighted by Gasteiger charge is 2.22. The van der Waals surface area contributed by atoms with Gasteiger partial charge in [0.05, 0.1) is 13.1 Å². The van der Waals surface area contributed by atoms with Crippen LogP contribution in [-0.4, -0.2) is 84.3 Å². The lowest BCUT2D eigenvalue weighted by Gasteiger charge is -2.36. The van der Waals surface area contributed by atoms with Crippen molar-refractivity contribution in [3.63, 3.8) is 0 Å². The highest BCUT2D eigenvalue weighted by Crippen LogP contribution is 2.15. The Morgan fingerprint density at radius 1 is 1.12 bits per heavy atom. The normalized spacial score (nSPS) is 17.9. The third kappa shape index (κ3) is 7.22. The monoisotopic (exact) mass is 442 g/mol. The van der Waals surface area contributed by atoms with E-state index in [1.807, 2.05) is 18.7 Å². The zero-order chi connectivity index (χ0) is 22.9. The van der Waals surface area contributed by atoms with Gasteiger partial charge in [-0.05, 0) is 38.3 Å². The molecule has 1 aromatic carbocycles. The molecule has 8 nitrogen and oxygen atoms in total. The molecule has 0 unspecified atom stereocenters. The van der Waals surface area contributed by atoms with Gasteiger partial charge in [-0.3, -0.25) is 14.5 Å². The lowest BCUT2D eigenvalue weighted by Crippen LogP contribution is -2.54. The minimum Gasteiger partial charge on any atom is -0.357 e. The predicted molar refractivity (Wildman–Crippen MR) is 127 cm³/mol. The molecular weight excluding hydrogens is 404 g/mol. The number of carbonyl (C=O) groups excluding carboxylic acids is 2. The van der Waals surface area contributed by atoms with Gasteiger partial charge in [0.1, 0.15) is 0 Å². The number of benzene rings is 1. The number of rotatable bonds is 8. The van der Waals surface area contributed by atoms with Crippen molar-refractivity contribution >= 4 is 17.8 Å². The number of hydrogen-bond donors (Lipinski definition) is 2. The van der Waals surface area contributed by atoms with Crippen molar-refractivity contribution in [3.8, 4) is 0 Å². The average Bonchev–Trinajstić information content (AvgIpc) is 3.16. The fourth-order valence-corrected chi connectivity index (χ4v) is 4.20. The smallest absolute Gasteiger partial charge is 0.234 e. The SMILES string of the molecule is CCNC(=NCc1cccc(CN2CCCC2=O)c1)N1CCN(CC(=O)NC(C)C)CC1. The van der Waals surface area contributed by atoms with Gasteiger partial charge in [-0.25, -0.2) is 4.99 Å². The van der Waals surface area contributed by atoms with Crippen molar-refractivity contribution in [1.82, 2.24) is 25.3 Å². The summed E-state index contributed by atoms with van der Waals surface area (Å²) >= 11 is 0. The van der Waals surface area contributed by atoms with Crippen LogP contribution in [0.1, 0.15) is 44.7 Å². The van der Waals surface area contributed by atoms with Crippen LogP contribution < -0.4 is 10.6 Å². The number of guanidine groups is 1. The minimum atomic E-state index is 0.0875. The minimum absolute atomic E-state index is 0.0875. The zero-order valence-corrected chi connectivity index (χ0v) is 19.8. The number of likely N-dealkylation sites (tertiary alicyclic amines) is 1. The quantitative estimate of drug-likeness (QED) is 0.470. The maximum atomic E-state index is 12.0. The molecule has 0 bridgehead atoms. The molecule has 8 heteroatoms. The summed E-state index contributed by atoms with van der Waals surface area (Å²) < 4.78 is 0. The Hall–Kier alpha value is -2.61. The summed E-state index contributed by atoms with van der Waals surface area (Å²) in [7, 11) is 0. The molecule has 0 aromatic heterocycles. The van der Waals surface area contributed by atoms with Gasteiger partial charge in [-0.2, -0.15) is 0 Å². The topological polar surface area (TPSA) is 80.3 Å². The van der Waals surface area contributed by atoms with E-state index in [9.17, 15) is 9.59 Å². The summed E-state index contributed by atoms with van der Waals surface area (Å²) in [5.74, 6) is 1.26. The first-order chi connectivity index (χ1) is 15.4. The largest absolute Gasteiger partial charge is 0.357 e. The van der Waals surface area contributed by atoms with Crippen LogP contribution in [0.2, 0.25) is 0 Å². The summed E-state index contributed by atoms with van der Waals surface area (Å²) in [6.45, 7) is 12.8. The van der Waals surface area contributed by atoms with Crippen LogP contribution in [-0.2, 0) is 22.7 Å². The van der Waals surface area contributed by atoms with Crippen LogP contribution in [0.4, 0.5) is 0 Å². The Morgan fingerprint density at radius 2 is 1.88 bits per heavy atom. The highest BCUT2D eigenvalue weighted by atomic mass is 16.2. The Kier molecular flexibility index (Phi) is 8.90. The van der Waals surface area contributed by atoms with E-state index in [1.54, 1.807) is 0 Å². The van der Waals surface area contributed by atoms with Crippen molar-refractivity contribution in [2.24, 2.45) is 4.99 Å². The number of carbonyl (C=O) groups is 2. The average molecular weight is 443 g/mol. The molecule has 2 heterocycles. The summed E-state index contributed by atoms with van der Waals surface area (Å²) in [5.41, 5.74) is 2.31. The van der Waals surface area contributed by atoms with Gasteiger partial charge in [0.2, 0.25) is 11.8 Å². The van der Waals surface area contributed by atoms with Gasteiger partial charge in [0.25, 0.3) is 0 Å². The molecule has 2 N–H and O–H groups in total. The third-order valence-electron chi connectivity index (χ3n) is 5.77. The second-order valence-electron chi connectivity index (χ2n) is 8.89. The molecule has 176 valence electrons. The van der Waals surface area contributed by atoms with E-state index < -0.39 is 0 Å². The van der Waals surface area contributed by atoms with Crippen LogP contribution >= 0.6 is 0 Å². The van der Waals surface area contributed by atoms with E-state index in [-0.39, 0.29) is 17.9 Å².